The average Bonchev–Trinajstić information content (AvgIpc) is 2.49. The lowest BCUT2D eigenvalue weighted by Gasteiger charge is -2.41. The molecule has 2 aliphatic rings. The summed E-state index contributed by atoms with van der Waals surface area (Å²) in [5.41, 5.74) is 1.86. The van der Waals surface area contributed by atoms with Gasteiger partial charge in [0.2, 0.25) is 0 Å². The molecule has 1 aromatic rings. The third kappa shape index (κ3) is 3.34. The fourth-order valence-corrected chi connectivity index (χ4v) is 3.97. The average molecular weight is 307 g/mol. The predicted molar refractivity (Wildman–Crippen MR) is 86.8 cm³/mol. The maximum absolute atomic E-state index is 12.5. The van der Waals surface area contributed by atoms with Crippen molar-refractivity contribution in [2.24, 2.45) is 11.8 Å². The Hall–Kier alpha value is -1.22. The molecular formula is C17H23ClN2O. The number of rotatable bonds is 1. The van der Waals surface area contributed by atoms with Gasteiger partial charge in [-0.3, -0.25) is 0 Å². The van der Waals surface area contributed by atoms with Crippen LogP contribution in [0, 0.1) is 18.8 Å². The minimum absolute atomic E-state index is 0.0319. The van der Waals surface area contributed by atoms with Crippen LogP contribution in [0.5, 0.6) is 0 Å². The highest BCUT2D eigenvalue weighted by Gasteiger charge is 2.32. The minimum Gasteiger partial charge on any atom is -0.324 e. The van der Waals surface area contributed by atoms with Gasteiger partial charge in [-0.15, -0.1) is 0 Å². The zero-order valence-corrected chi connectivity index (χ0v) is 13.3. The van der Waals surface area contributed by atoms with Gasteiger partial charge in [-0.1, -0.05) is 30.9 Å². The minimum atomic E-state index is 0.0319. The third-order valence-electron chi connectivity index (χ3n) is 5.01. The number of amides is 2. The molecule has 1 heterocycles. The number of likely N-dealkylation sites (tertiary alicyclic amines) is 1. The van der Waals surface area contributed by atoms with Gasteiger partial charge >= 0.3 is 6.03 Å². The molecule has 1 N–H and O–H groups in total. The van der Waals surface area contributed by atoms with Crippen LogP contribution >= 0.6 is 11.6 Å². The van der Waals surface area contributed by atoms with Crippen molar-refractivity contribution in [1.82, 2.24) is 4.90 Å². The van der Waals surface area contributed by atoms with E-state index in [0.717, 1.165) is 36.7 Å². The summed E-state index contributed by atoms with van der Waals surface area (Å²) in [7, 11) is 0. The topological polar surface area (TPSA) is 32.3 Å². The summed E-state index contributed by atoms with van der Waals surface area (Å²) in [6, 6.07) is 5.61. The molecule has 2 atom stereocenters. The number of urea groups is 1. The molecule has 1 saturated carbocycles. The van der Waals surface area contributed by atoms with E-state index in [2.05, 4.69) is 5.32 Å². The molecule has 21 heavy (non-hydrogen) atoms. The molecule has 0 unspecified atom stereocenters. The van der Waals surface area contributed by atoms with E-state index in [9.17, 15) is 4.79 Å². The lowest BCUT2D eigenvalue weighted by atomic mass is 9.75. The normalized spacial score (nSPS) is 25.3. The Labute approximate surface area is 131 Å². The van der Waals surface area contributed by atoms with Crippen LogP contribution in [0.2, 0.25) is 5.02 Å². The number of benzene rings is 1. The third-order valence-corrected chi connectivity index (χ3v) is 5.24. The summed E-state index contributed by atoms with van der Waals surface area (Å²) < 4.78 is 0. The molecule has 4 heteroatoms. The van der Waals surface area contributed by atoms with Crippen molar-refractivity contribution in [3.8, 4) is 0 Å². The van der Waals surface area contributed by atoms with Gasteiger partial charge < -0.3 is 10.2 Å². The largest absolute Gasteiger partial charge is 0.324 e. The van der Waals surface area contributed by atoms with Crippen LogP contribution in [0.25, 0.3) is 0 Å². The summed E-state index contributed by atoms with van der Waals surface area (Å²) in [6.07, 6.45) is 6.51. The van der Waals surface area contributed by atoms with E-state index < -0.39 is 0 Å². The Bertz CT molecular complexity index is 532. The maximum atomic E-state index is 12.5. The second-order valence-corrected chi connectivity index (χ2v) is 6.87. The summed E-state index contributed by atoms with van der Waals surface area (Å²) in [4.78, 5) is 14.4. The van der Waals surface area contributed by atoms with Crippen LogP contribution in [-0.2, 0) is 0 Å². The highest BCUT2D eigenvalue weighted by atomic mass is 35.5. The fraction of sp³-hybridized carbons (Fsp3) is 0.588. The molecule has 114 valence electrons. The number of nitrogens with zero attached hydrogens (tertiary/aromatic N) is 1. The molecule has 1 saturated heterocycles. The lowest BCUT2D eigenvalue weighted by molar-refractivity contribution is 0.108. The van der Waals surface area contributed by atoms with Crippen LogP contribution in [0.15, 0.2) is 18.2 Å². The first-order valence-electron chi connectivity index (χ1n) is 7.95. The Morgan fingerprint density at radius 3 is 2.76 bits per heavy atom. The standard InChI is InChI=1S/C17H23ClN2O/c1-12-10-15(18)6-7-16(12)19-17(21)20-9-8-13-4-2-3-5-14(13)11-20/h6-7,10,13-14H,2-5,8-9,11H2,1H3,(H,19,21)/t13-,14+/m1/s1. The van der Waals surface area contributed by atoms with Gasteiger partial charge in [-0.2, -0.15) is 0 Å². The van der Waals surface area contributed by atoms with E-state index in [1.54, 1.807) is 0 Å². The molecular weight excluding hydrogens is 284 g/mol. The van der Waals surface area contributed by atoms with Gasteiger partial charge in [0.05, 0.1) is 0 Å². The van der Waals surface area contributed by atoms with Crippen molar-refractivity contribution in [3.63, 3.8) is 0 Å². The summed E-state index contributed by atoms with van der Waals surface area (Å²) in [6.45, 7) is 3.78. The van der Waals surface area contributed by atoms with Crippen molar-refractivity contribution in [2.75, 3.05) is 18.4 Å². The molecule has 0 radical (unpaired) electrons. The van der Waals surface area contributed by atoms with E-state index in [-0.39, 0.29) is 6.03 Å². The second-order valence-electron chi connectivity index (χ2n) is 6.43. The smallest absolute Gasteiger partial charge is 0.321 e. The Morgan fingerprint density at radius 2 is 2.00 bits per heavy atom. The molecule has 3 nitrogen and oxygen atoms in total. The van der Waals surface area contributed by atoms with E-state index in [1.165, 1.54) is 25.7 Å². The van der Waals surface area contributed by atoms with Crippen LogP contribution in [0.4, 0.5) is 10.5 Å². The molecule has 3 rings (SSSR count). The number of nitrogens with one attached hydrogen (secondary N) is 1. The molecule has 2 fully saturated rings. The lowest BCUT2D eigenvalue weighted by Crippen LogP contribution is -2.46. The van der Waals surface area contributed by atoms with Gasteiger partial charge in [0.25, 0.3) is 0 Å². The van der Waals surface area contributed by atoms with Gasteiger partial charge in [-0.05, 0) is 55.4 Å². The summed E-state index contributed by atoms with van der Waals surface area (Å²) >= 11 is 5.96. The fourth-order valence-electron chi connectivity index (χ4n) is 3.75. The zero-order chi connectivity index (χ0) is 14.8. The van der Waals surface area contributed by atoms with E-state index in [1.807, 2.05) is 30.0 Å². The first kappa shape index (κ1) is 14.7. The van der Waals surface area contributed by atoms with Crippen molar-refractivity contribution >= 4 is 23.3 Å². The van der Waals surface area contributed by atoms with E-state index in [0.29, 0.717) is 10.9 Å². The van der Waals surface area contributed by atoms with Crippen LogP contribution in [-0.4, -0.2) is 24.0 Å². The highest BCUT2D eigenvalue weighted by Crippen LogP contribution is 2.36. The van der Waals surface area contributed by atoms with Crippen molar-refractivity contribution in [3.05, 3.63) is 28.8 Å². The van der Waals surface area contributed by atoms with E-state index in [4.69, 9.17) is 11.6 Å². The summed E-state index contributed by atoms with van der Waals surface area (Å²) in [5.74, 6) is 1.56. The van der Waals surface area contributed by atoms with Crippen molar-refractivity contribution < 1.29 is 4.79 Å². The molecule has 0 spiro atoms. The van der Waals surface area contributed by atoms with Crippen molar-refractivity contribution in [2.45, 2.75) is 39.0 Å². The first-order valence-corrected chi connectivity index (χ1v) is 8.33. The Morgan fingerprint density at radius 1 is 1.24 bits per heavy atom. The zero-order valence-electron chi connectivity index (χ0n) is 12.6. The van der Waals surface area contributed by atoms with Gasteiger partial charge in [0.15, 0.2) is 0 Å². The van der Waals surface area contributed by atoms with E-state index >= 15 is 0 Å². The predicted octanol–water partition coefficient (Wildman–Crippen LogP) is 4.69. The molecule has 2 amide bonds. The molecule has 0 bridgehead atoms. The SMILES string of the molecule is Cc1cc(Cl)ccc1NC(=O)N1CC[C@H]2CCCC[C@H]2C1. The second kappa shape index (κ2) is 6.27. The number of anilines is 1. The quantitative estimate of drug-likeness (QED) is 0.802. The maximum Gasteiger partial charge on any atom is 0.321 e. The molecule has 1 aliphatic carbocycles. The Kier molecular flexibility index (Phi) is 4.39. The van der Waals surface area contributed by atoms with Crippen LogP contribution in [0.1, 0.15) is 37.7 Å². The molecule has 0 aromatic heterocycles. The monoisotopic (exact) mass is 306 g/mol. The molecule has 1 aromatic carbocycles. The van der Waals surface area contributed by atoms with Gasteiger partial charge in [-0.25, -0.2) is 4.79 Å². The number of carbonyl (C=O) groups is 1. The van der Waals surface area contributed by atoms with Crippen LogP contribution in [0.3, 0.4) is 0 Å². The first-order chi connectivity index (χ1) is 10.1. The Balaban J connectivity index is 1.63. The van der Waals surface area contributed by atoms with Gasteiger partial charge in [0.1, 0.15) is 0 Å². The van der Waals surface area contributed by atoms with Crippen LogP contribution < -0.4 is 5.32 Å². The van der Waals surface area contributed by atoms with Gasteiger partial charge in [0, 0.05) is 23.8 Å². The number of halogens is 1. The van der Waals surface area contributed by atoms with Crippen molar-refractivity contribution in [1.29, 1.82) is 0 Å². The number of hydrogen-bond donors (Lipinski definition) is 1. The highest BCUT2D eigenvalue weighted by molar-refractivity contribution is 6.30. The number of carbonyl (C=O) groups excluding carboxylic acids is 1. The number of fused-ring (bicyclic) bond motifs is 1. The molecule has 1 aliphatic heterocycles. The number of piperidine rings is 1. The number of hydrogen-bond acceptors (Lipinski definition) is 1. The number of aryl methyl sites for hydroxylation is 1. The summed E-state index contributed by atoms with van der Waals surface area (Å²) in [5, 5.41) is 3.73.